The van der Waals surface area contributed by atoms with Gasteiger partial charge in [-0.3, -0.25) is 14.9 Å². The first-order valence-electron chi connectivity index (χ1n) is 10.7. The lowest BCUT2D eigenvalue weighted by Gasteiger charge is -2.10. The maximum absolute atomic E-state index is 13.2. The molecule has 2 heterocycles. The fourth-order valence-corrected chi connectivity index (χ4v) is 4.32. The number of amides is 1. The molecule has 0 atom stereocenters. The largest absolute Gasteiger partial charge is 0.494 e. The van der Waals surface area contributed by atoms with Gasteiger partial charge in [-0.25, -0.2) is 4.98 Å². The summed E-state index contributed by atoms with van der Waals surface area (Å²) in [6.07, 6.45) is 0. The molecule has 0 aliphatic carbocycles. The van der Waals surface area contributed by atoms with E-state index in [1.54, 1.807) is 36.4 Å². The lowest BCUT2D eigenvalue weighted by Crippen LogP contribution is -2.26. The Labute approximate surface area is 199 Å². The third-order valence-corrected chi connectivity index (χ3v) is 5.96. The van der Waals surface area contributed by atoms with Crippen molar-refractivity contribution in [2.75, 3.05) is 11.9 Å². The molecule has 0 saturated heterocycles. The van der Waals surface area contributed by atoms with Crippen LogP contribution in [-0.4, -0.2) is 27.3 Å². The number of anilines is 1. The molecule has 0 radical (unpaired) electrons. The van der Waals surface area contributed by atoms with Crippen molar-refractivity contribution in [1.29, 1.82) is 0 Å². The molecule has 2 aromatic heterocycles. The van der Waals surface area contributed by atoms with Gasteiger partial charge in [-0.1, -0.05) is 36.4 Å². The number of carbonyl (C=O) groups excluding carboxylic acids is 1. The van der Waals surface area contributed by atoms with Crippen molar-refractivity contribution < 1.29 is 9.53 Å². The van der Waals surface area contributed by atoms with Gasteiger partial charge in [-0.2, -0.15) is 9.78 Å². The number of carbonyl (C=O) groups is 1. The van der Waals surface area contributed by atoms with Gasteiger partial charge in [0, 0.05) is 16.3 Å². The van der Waals surface area contributed by atoms with Crippen LogP contribution in [0.1, 0.15) is 17.4 Å². The van der Waals surface area contributed by atoms with Crippen LogP contribution in [0, 0.1) is 0 Å². The van der Waals surface area contributed by atoms with Gasteiger partial charge in [0.15, 0.2) is 10.8 Å². The molecule has 7 nitrogen and oxygen atoms in total. The number of para-hydroxylation sites is 1. The third-order valence-electron chi connectivity index (χ3n) is 5.21. The maximum atomic E-state index is 13.2. The molecule has 0 fully saturated rings. The van der Waals surface area contributed by atoms with Crippen molar-refractivity contribution in [3.8, 4) is 22.7 Å². The van der Waals surface area contributed by atoms with Crippen LogP contribution in [0.3, 0.4) is 0 Å². The van der Waals surface area contributed by atoms with Crippen LogP contribution in [0.5, 0.6) is 5.75 Å². The number of thiazole rings is 1. The summed E-state index contributed by atoms with van der Waals surface area (Å²) in [6.45, 7) is 2.54. The minimum Gasteiger partial charge on any atom is -0.494 e. The molecule has 1 N–H and O–H groups in total. The lowest BCUT2D eigenvalue weighted by atomic mass is 10.1. The molecule has 0 aliphatic heterocycles. The SMILES string of the molecule is CCOc1ccc(-c2csc(NC(=O)c3nn(-c4ccccc4)c(=O)c4ccccc34)n2)cc1. The van der Waals surface area contributed by atoms with Crippen LogP contribution >= 0.6 is 11.3 Å². The Morgan fingerprint density at radius 1 is 0.971 bits per heavy atom. The van der Waals surface area contributed by atoms with Gasteiger partial charge in [-0.05, 0) is 49.4 Å². The highest BCUT2D eigenvalue weighted by Gasteiger charge is 2.19. The fraction of sp³-hybridized carbons (Fsp3) is 0.0769. The average molecular weight is 469 g/mol. The van der Waals surface area contributed by atoms with Gasteiger partial charge in [0.25, 0.3) is 11.5 Å². The summed E-state index contributed by atoms with van der Waals surface area (Å²) in [4.78, 5) is 30.8. The zero-order valence-electron chi connectivity index (χ0n) is 18.3. The van der Waals surface area contributed by atoms with Crippen LogP contribution in [0.4, 0.5) is 5.13 Å². The van der Waals surface area contributed by atoms with E-state index in [0.29, 0.717) is 28.2 Å². The summed E-state index contributed by atoms with van der Waals surface area (Å²) >= 11 is 1.32. The summed E-state index contributed by atoms with van der Waals surface area (Å²) in [5.41, 5.74) is 2.11. The second kappa shape index (κ2) is 9.29. The number of ether oxygens (including phenoxy) is 1. The Morgan fingerprint density at radius 2 is 1.68 bits per heavy atom. The Balaban J connectivity index is 1.48. The van der Waals surface area contributed by atoms with E-state index in [9.17, 15) is 9.59 Å². The van der Waals surface area contributed by atoms with Gasteiger partial charge in [0.1, 0.15) is 5.75 Å². The lowest BCUT2D eigenvalue weighted by molar-refractivity contribution is 0.102. The van der Waals surface area contributed by atoms with Gasteiger partial charge in [-0.15, -0.1) is 11.3 Å². The van der Waals surface area contributed by atoms with E-state index >= 15 is 0 Å². The van der Waals surface area contributed by atoms with Gasteiger partial charge >= 0.3 is 0 Å². The first-order chi connectivity index (χ1) is 16.6. The molecule has 0 spiro atoms. The predicted molar refractivity (Wildman–Crippen MR) is 134 cm³/mol. The quantitative estimate of drug-likeness (QED) is 0.372. The number of hydrogen-bond acceptors (Lipinski definition) is 6. The first-order valence-corrected chi connectivity index (χ1v) is 11.6. The van der Waals surface area contributed by atoms with Gasteiger partial charge < -0.3 is 4.74 Å². The monoisotopic (exact) mass is 468 g/mol. The van der Waals surface area contributed by atoms with E-state index < -0.39 is 5.91 Å². The molecule has 168 valence electrons. The van der Waals surface area contributed by atoms with Crippen molar-refractivity contribution in [3.05, 3.63) is 100 Å². The minimum absolute atomic E-state index is 0.150. The number of nitrogens with zero attached hydrogens (tertiary/aromatic N) is 3. The number of nitrogens with one attached hydrogen (secondary N) is 1. The molecule has 5 aromatic rings. The zero-order chi connectivity index (χ0) is 23.5. The topological polar surface area (TPSA) is 86.1 Å². The Hall–Kier alpha value is -4.30. The maximum Gasteiger partial charge on any atom is 0.279 e. The number of aromatic nitrogens is 3. The number of fused-ring (bicyclic) bond motifs is 1. The fourth-order valence-electron chi connectivity index (χ4n) is 3.61. The summed E-state index contributed by atoms with van der Waals surface area (Å²) in [7, 11) is 0. The summed E-state index contributed by atoms with van der Waals surface area (Å²) in [5, 5.41) is 10.5. The highest BCUT2D eigenvalue weighted by molar-refractivity contribution is 7.14. The van der Waals surface area contributed by atoms with E-state index in [1.165, 1.54) is 16.0 Å². The molecular weight excluding hydrogens is 448 g/mol. The summed E-state index contributed by atoms with van der Waals surface area (Å²) < 4.78 is 6.74. The number of hydrogen-bond donors (Lipinski definition) is 1. The van der Waals surface area contributed by atoms with Crippen molar-refractivity contribution in [2.45, 2.75) is 6.92 Å². The normalized spacial score (nSPS) is 10.9. The predicted octanol–water partition coefficient (Wildman–Crippen LogP) is 5.16. The van der Waals surface area contributed by atoms with E-state index in [2.05, 4.69) is 15.4 Å². The standard InChI is InChI=1S/C26H20N4O3S/c1-2-33-19-14-12-17(13-15-19)22-16-34-26(27-22)28-24(31)23-20-10-6-7-11-21(20)25(32)30(29-23)18-8-4-3-5-9-18/h3-16H,2H2,1H3,(H,27,28,31). The Bertz CT molecular complexity index is 1530. The zero-order valence-corrected chi connectivity index (χ0v) is 19.1. The second-order valence-electron chi connectivity index (χ2n) is 7.40. The minimum atomic E-state index is -0.437. The smallest absolute Gasteiger partial charge is 0.279 e. The van der Waals surface area contributed by atoms with E-state index in [-0.39, 0.29) is 11.3 Å². The van der Waals surface area contributed by atoms with Crippen molar-refractivity contribution in [2.24, 2.45) is 0 Å². The van der Waals surface area contributed by atoms with Crippen LogP contribution in [0.15, 0.2) is 89.0 Å². The highest BCUT2D eigenvalue weighted by atomic mass is 32.1. The molecule has 0 aliphatic rings. The van der Waals surface area contributed by atoms with Crippen LogP contribution in [0.25, 0.3) is 27.7 Å². The van der Waals surface area contributed by atoms with Gasteiger partial charge in [0.2, 0.25) is 0 Å². The van der Waals surface area contributed by atoms with E-state index in [1.807, 2.05) is 54.8 Å². The number of rotatable bonds is 6. The van der Waals surface area contributed by atoms with Crippen molar-refractivity contribution >= 4 is 33.1 Å². The van der Waals surface area contributed by atoms with Crippen LogP contribution in [0.2, 0.25) is 0 Å². The van der Waals surface area contributed by atoms with Crippen LogP contribution < -0.4 is 15.6 Å². The average Bonchev–Trinajstić information content (AvgIpc) is 3.34. The molecule has 0 unspecified atom stereocenters. The van der Waals surface area contributed by atoms with E-state index in [4.69, 9.17) is 4.74 Å². The molecule has 3 aromatic carbocycles. The molecule has 1 amide bonds. The summed E-state index contributed by atoms with van der Waals surface area (Å²) in [5.74, 6) is 0.356. The highest BCUT2D eigenvalue weighted by Crippen LogP contribution is 2.27. The van der Waals surface area contributed by atoms with Crippen LogP contribution in [-0.2, 0) is 0 Å². The molecular formula is C26H20N4O3S. The first kappa shape index (κ1) is 21.5. The van der Waals surface area contributed by atoms with Gasteiger partial charge in [0.05, 0.1) is 23.4 Å². The van der Waals surface area contributed by atoms with E-state index in [0.717, 1.165) is 17.0 Å². The third kappa shape index (κ3) is 4.18. The number of benzene rings is 3. The molecule has 34 heavy (non-hydrogen) atoms. The molecule has 0 saturated carbocycles. The Kier molecular flexibility index (Phi) is 5.88. The molecule has 8 heteroatoms. The second-order valence-corrected chi connectivity index (χ2v) is 8.25. The molecule has 5 rings (SSSR count). The molecule has 0 bridgehead atoms. The Morgan fingerprint density at radius 3 is 2.41 bits per heavy atom. The van der Waals surface area contributed by atoms with Crippen molar-refractivity contribution in [3.63, 3.8) is 0 Å². The summed E-state index contributed by atoms with van der Waals surface area (Å²) in [6, 6.07) is 23.6. The van der Waals surface area contributed by atoms with Crippen molar-refractivity contribution in [1.82, 2.24) is 14.8 Å².